The molecule has 0 fully saturated rings. The number of rotatable bonds is 5. The van der Waals surface area contributed by atoms with E-state index in [1.807, 2.05) is 30.3 Å². The first-order valence-electron chi connectivity index (χ1n) is 6.39. The Labute approximate surface area is 132 Å². The lowest BCUT2D eigenvalue weighted by atomic mass is 10.1. The Morgan fingerprint density at radius 2 is 1.95 bits per heavy atom. The van der Waals surface area contributed by atoms with Gasteiger partial charge in [0, 0.05) is 11.0 Å². The number of carbonyl (C=O) groups is 1. The lowest BCUT2D eigenvalue weighted by Gasteiger charge is -2.12. The summed E-state index contributed by atoms with van der Waals surface area (Å²) in [6.07, 6.45) is 0. The van der Waals surface area contributed by atoms with E-state index in [1.54, 1.807) is 19.2 Å². The van der Waals surface area contributed by atoms with Gasteiger partial charge in [-0.1, -0.05) is 34.1 Å². The Bertz CT molecular complexity index is 643. The summed E-state index contributed by atoms with van der Waals surface area (Å²) in [5, 5.41) is 3.31. The van der Waals surface area contributed by atoms with E-state index in [1.165, 1.54) is 7.11 Å². The minimum Gasteiger partial charge on any atom is -0.495 e. The molecule has 0 spiro atoms. The van der Waals surface area contributed by atoms with E-state index < -0.39 is 0 Å². The van der Waals surface area contributed by atoms with Gasteiger partial charge in [0.1, 0.15) is 5.75 Å². The standard InChI is InChI=1S/C16H16BrNO3/c1-20-15-6-4-3-5-14(15)18-10-12-8-7-11(9-13(12)17)16(19)21-2/h3-9,18H,10H2,1-2H3. The van der Waals surface area contributed by atoms with Crippen LogP contribution in [0.4, 0.5) is 5.69 Å². The maximum atomic E-state index is 11.5. The van der Waals surface area contributed by atoms with Crippen molar-refractivity contribution in [2.75, 3.05) is 19.5 Å². The Morgan fingerprint density at radius 1 is 1.19 bits per heavy atom. The van der Waals surface area contributed by atoms with Gasteiger partial charge in [0.25, 0.3) is 0 Å². The van der Waals surface area contributed by atoms with Crippen molar-refractivity contribution in [2.45, 2.75) is 6.54 Å². The van der Waals surface area contributed by atoms with Crippen molar-refractivity contribution in [3.8, 4) is 5.75 Å². The van der Waals surface area contributed by atoms with Crippen LogP contribution < -0.4 is 10.1 Å². The highest BCUT2D eigenvalue weighted by atomic mass is 79.9. The number of ether oxygens (including phenoxy) is 2. The summed E-state index contributed by atoms with van der Waals surface area (Å²) >= 11 is 3.47. The van der Waals surface area contributed by atoms with E-state index in [0.717, 1.165) is 21.5 Å². The summed E-state index contributed by atoms with van der Waals surface area (Å²) in [5.74, 6) is 0.444. The summed E-state index contributed by atoms with van der Waals surface area (Å²) in [4.78, 5) is 11.5. The number of methoxy groups -OCH3 is 2. The number of halogens is 1. The third-order valence-electron chi connectivity index (χ3n) is 3.05. The largest absolute Gasteiger partial charge is 0.495 e. The van der Waals surface area contributed by atoms with Crippen LogP contribution >= 0.6 is 15.9 Å². The molecule has 0 saturated carbocycles. The molecule has 4 nitrogen and oxygen atoms in total. The molecule has 0 amide bonds. The highest BCUT2D eigenvalue weighted by Gasteiger charge is 2.09. The van der Waals surface area contributed by atoms with Gasteiger partial charge >= 0.3 is 5.97 Å². The monoisotopic (exact) mass is 349 g/mol. The van der Waals surface area contributed by atoms with Crippen LogP contribution in [0.3, 0.4) is 0 Å². The minimum absolute atomic E-state index is 0.347. The number of esters is 1. The van der Waals surface area contributed by atoms with Crippen molar-refractivity contribution in [1.29, 1.82) is 0 Å². The maximum absolute atomic E-state index is 11.5. The zero-order valence-corrected chi connectivity index (χ0v) is 13.4. The SMILES string of the molecule is COC(=O)c1ccc(CNc2ccccc2OC)c(Br)c1. The van der Waals surface area contributed by atoms with E-state index in [4.69, 9.17) is 9.47 Å². The first kappa shape index (κ1) is 15.4. The van der Waals surface area contributed by atoms with Crippen molar-refractivity contribution in [1.82, 2.24) is 0 Å². The first-order chi connectivity index (χ1) is 10.2. The molecule has 2 aromatic rings. The van der Waals surface area contributed by atoms with Crippen molar-refractivity contribution >= 4 is 27.6 Å². The summed E-state index contributed by atoms with van der Waals surface area (Å²) < 4.78 is 10.8. The van der Waals surface area contributed by atoms with Crippen molar-refractivity contribution in [3.63, 3.8) is 0 Å². The van der Waals surface area contributed by atoms with Crippen LogP contribution in [-0.2, 0) is 11.3 Å². The number of benzene rings is 2. The third-order valence-corrected chi connectivity index (χ3v) is 3.79. The fourth-order valence-corrected chi connectivity index (χ4v) is 2.44. The molecule has 0 heterocycles. The third kappa shape index (κ3) is 3.76. The van der Waals surface area contributed by atoms with Gasteiger partial charge in [-0.05, 0) is 29.8 Å². The Balaban J connectivity index is 2.12. The van der Waals surface area contributed by atoms with Crippen LogP contribution in [-0.4, -0.2) is 20.2 Å². The molecule has 5 heteroatoms. The number of hydrogen-bond acceptors (Lipinski definition) is 4. The van der Waals surface area contributed by atoms with Crippen LogP contribution in [0.2, 0.25) is 0 Å². The topological polar surface area (TPSA) is 47.6 Å². The molecule has 1 N–H and O–H groups in total. The quantitative estimate of drug-likeness (QED) is 0.832. The molecule has 21 heavy (non-hydrogen) atoms. The summed E-state index contributed by atoms with van der Waals surface area (Å²) in [5.41, 5.74) is 2.47. The number of nitrogens with one attached hydrogen (secondary N) is 1. The molecule has 2 aromatic carbocycles. The normalized spacial score (nSPS) is 10.0. The molecular weight excluding hydrogens is 334 g/mol. The highest BCUT2D eigenvalue weighted by Crippen LogP contribution is 2.25. The van der Waals surface area contributed by atoms with E-state index in [9.17, 15) is 4.79 Å². The van der Waals surface area contributed by atoms with Crippen LogP contribution in [0.5, 0.6) is 5.75 Å². The van der Waals surface area contributed by atoms with Crippen LogP contribution in [0.25, 0.3) is 0 Å². The van der Waals surface area contributed by atoms with E-state index in [-0.39, 0.29) is 5.97 Å². The van der Waals surface area contributed by atoms with E-state index in [0.29, 0.717) is 12.1 Å². The van der Waals surface area contributed by atoms with Crippen LogP contribution in [0.15, 0.2) is 46.9 Å². The second-order valence-corrected chi connectivity index (χ2v) is 5.21. The van der Waals surface area contributed by atoms with Gasteiger partial charge in [0.2, 0.25) is 0 Å². The smallest absolute Gasteiger partial charge is 0.337 e. The molecule has 0 radical (unpaired) electrons. The Kier molecular flexibility index (Phi) is 5.22. The summed E-state index contributed by atoms with van der Waals surface area (Å²) in [6, 6.07) is 13.1. The van der Waals surface area contributed by atoms with Crippen molar-refractivity contribution in [2.24, 2.45) is 0 Å². The fraction of sp³-hybridized carbons (Fsp3) is 0.188. The second kappa shape index (κ2) is 7.13. The average molecular weight is 350 g/mol. The van der Waals surface area contributed by atoms with Crippen LogP contribution in [0.1, 0.15) is 15.9 Å². The molecule has 0 saturated heterocycles. The molecule has 0 aromatic heterocycles. The lowest BCUT2D eigenvalue weighted by Crippen LogP contribution is -2.05. The average Bonchev–Trinajstić information content (AvgIpc) is 2.53. The molecule has 0 aliphatic carbocycles. The molecule has 110 valence electrons. The van der Waals surface area contributed by atoms with Gasteiger partial charge in [-0.3, -0.25) is 0 Å². The van der Waals surface area contributed by atoms with Crippen molar-refractivity contribution < 1.29 is 14.3 Å². The van der Waals surface area contributed by atoms with Gasteiger partial charge in [0.05, 0.1) is 25.5 Å². The number of carbonyl (C=O) groups excluding carboxylic acids is 1. The van der Waals surface area contributed by atoms with Gasteiger partial charge in [-0.15, -0.1) is 0 Å². The molecule has 0 unspecified atom stereocenters. The highest BCUT2D eigenvalue weighted by molar-refractivity contribution is 9.10. The predicted octanol–water partition coefficient (Wildman–Crippen LogP) is 3.86. The zero-order chi connectivity index (χ0) is 15.2. The zero-order valence-electron chi connectivity index (χ0n) is 11.9. The molecule has 0 aliphatic heterocycles. The van der Waals surface area contributed by atoms with E-state index >= 15 is 0 Å². The maximum Gasteiger partial charge on any atom is 0.337 e. The number of anilines is 1. The predicted molar refractivity (Wildman–Crippen MR) is 85.8 cm³/mol. The number of hydrogen-bond donors (Lipinski definition) is 1. The summed E-state index contributed by atoms with van der Waals surface area (Å²) in [6.45, 7) is 0.614. The first-order valence-corrected chi connectivity index (χ1v) is 7.18. The lowest BCUT2D eigenvalue weighted by molar-refractivity contribution is 0.0600. The fourth-order valence-electron chi connectivity index (χ4n) is 1.92. The minimum atomic E-state index is -0.347. The van der Waals surface area contributed by atoms with Gasteiger partial charge in [-0.2, -0.15) is 0 Å². The molecule has 0 atom stereocenters. The molecular formula is C16H16BrNO3. The van der Waals surface area contributed by atoms with Crippen LogP contribution in [0, 0.1) is 0 Å². The number of para-hydroxylation sites is 2. The van der Waals surface area contributed by atoms with Crippen molar-refractivity contribution in [3.05, 3.63) is 58.1 Å². The summed E-state index contributed by atoms with van der Waals surface area (Å²) in [7, 11) is 3.01. The Hall–Kier alpha value is -2.01. The molecule has 0 bridgehead atoms. The molecule has 2 rings (SSSR count). The van der Waals surface area contributed by atoms with E-state index in [2.05, 4.69) is 21.2 Å². The van der Waals surface area contributed by atoms with Gasteiger partial charge < -0.3 is 14.8 Å². The Morgan fingerprint density at radius 3 is 2.62 bits per heavy atom. The van der Waals surface area contributed by atoms with Gasteiger partial charge in [-0.25, -0.2) is 4.79 Å². The molecule has 0 aliphatic rings. The second-order valence-electron chi connectivity index (χ2n) is 4.35. The van der Waals surface area contributed by atoms with Gasteiger partial charge in [0.15, 0.2) is 0 Å².